The second kappa shape index (κ2) is 2.84. The number of benzene rings is 1. The van der Waals surface area contributed by atoms with Crippen LogP contribution in [0.15, 0.2) is 12.1 Å². The van der Waals surface area contributed by atoms with Crippen molar-refractivity contribution in [3.63, 3.8) is 0 Å². The summed E-state index contributed by atoms with van der Waals surface area (Å²) < 4.78 is 0. The zero-order valence-electron chi connectivity index (χ0n) is 9.28. The Hall–Kier alpha value is -1.84. The normalized spacial score (nSPS) is 18.1. The van der Waals surface area contributed by atoms with Gasteiger partial charge in [0, 0.05) is 32.7 Å². The summed E-state index contributed by atoms with van der Waals surface area (Å²) in [6, 6.07) is 3.74. The van der Waals surface area contributed by atoms with Crippen molar-refractivity contribution in [2.45, 2.75) is 13.1 Å². The van der Waals surface area contributed by atoms with Crippen LogP contribution in [0.1, 0.15) is 31.8 Å². The fourth-order valence-corrected chi connectivity index (χ4v) is 2.49. The second-order valence-corrected chi connectivity index (χ2v) is 4.45. The molecule has 16 heavy (non-hydrogen) atoms. The number of amides is 2. The summed E-state index contributed by atoms with van der Waals surface area (Å²) in [7, 11) is 3.55. The first-order chi connectivity index (χ1) is 7.59. The summed E-state index contributed by atoms with van der Waals surface area (Å²) in [6.45, 7) is 1.20. The van der Waals surface area contributed by atoms with E-state index in [4.69, 9.17) is 0 Å². The van der Waals surface area contributed by atoms with Crippen LogP contribution in [0.3, 0.4) is 0 Å². The number of rotatable bonds is 0. The topological polar surface area (TPSA) is 40.6 Å². The Balaban J connectivity index is 2.24. The van der Waals surface area contributed by atoms with E-state index >= 15 is 0 Å². The van der Waals surface area contributed by atoms with E-state index in [-0.39, 0.29) is 11.8 Å². The molecule has 4 nitrogen and oxygen atoms in total. The molecule has 0 bridgehead atoms. The van der Waals surface area contributed by atoms with Crippen molar-refractivity contribution in [2.24, 2.45) is 0 Å². The highest BCUT2D eigenvalue weighted by Gasteiger charge is 2.34. The number of hydrogen-bond acceptors (Lipinski definition) is 2. The number of carbonyl (C=O) groups excluding carboxylic acids is 2. The fourth-order valence-electron chi connectivity index (χ4n) is 2.49. The van der Waals surface area contributed by atoms with E-state index in [1.807, 2.05) is 12.1 Å². The lowest BCUT2D eigenvalue weighted by Crippen LogP contribution is -2.19. The molecule has 0 radical (unpaired) electrons. The summed E-state index contributed by atoms with van der Waals surface area (Å²) in [4.78, 5) is 27.1. The third-order valence-electron chi connectivity index (χ3n) is 3.34. The highest BCUT2D eigenvalue weighted by molar-refractivity contribution is 6.06. The van der Waals surface area contributed by atoms with Crippen molar-refractivity contribution in [3.8, 4) is 0 Å². The van der Waals surface area contributed by atoms with Crippen molar-refractivity contribution in [1.29, 1.82) is 0 Å². The molecular formula is C12H12N2O2. The zero-order valence-corrected chi connectivity index (χ0v) is 9.28. The Kier molecular flexibility index (Phi) is 1.67. The SMILES string of the molecule is CN1Cc2c(ccc3c2C(=O)N(C)C3)C1=O. The Bertz CT molecular complexity index is 522. The van der Waals surface area contributed by atoms with Gasteiger partial charge in [-0.15, -0.1) is 0 Å². The summed E-state index contributed by atoms with van der Waals surface area (Å²) in [5, 5.41) is 0. The standard InChI is InChI=1S/C12H12N2O2/c1-13-5-7-3-4-8-9(10(7)12(13)16)6-14(2)11(8)15/h3-4H,5-6H2,1-2H3. The van der Waals surface area contributed by atoms with E-state index < -0.39 is 0 Å². The van der Waals surface area contributed by atoms with Crippen molar-refractivity contribution < 1.29 is 9.59 Å². The fraction of sp³-hybridized carbons (Fsp3) is 0.333. The van der Waals surface area contributed by atoms with Crippen LogP contribution in [-0.2, 0) is 13.1 Å². The minimum absolute atomic E-state index is 0.0140. The second-order valence-electron chi connectivity index (χ2n) is 4.45. The maximum Gasteiger partial charge on any atom is 0.254 e. The van der Waals surface area contributed by atoms with Gasteiger partial charge < -0.3 is 9.80 Å². The van der Waals surface area contributed by atoms with Gasteiger partial charge in [-0.3, -0.25) is 9.59 Å². The van der Waals surface area contributed by atoms with Gasteiger partial charge in [0.05, 0.1) is 5.56 Å². The van der Waals surface area contributed by atoms with Gasteiger partial charge in [-0.1, -0.05) is 6.07 Å². The van der Waals surface area contributed by atoms with Gasteiger partial charge in [0.15, 0.2) is 0 Å². The van der Waals surface area contributed by atoms with Crippen LogP contribution >= 0.6 is 0 Å². The molecule has 0 saturated heterocycles. The molecule has 0 N–H and O–H groups in total. The zero-order chi connectivity index (χ0) is 11.4. The molecule has 0 aromatic heterocycles. The molecular weight excluding hydrogens is 204 g/mol. The Morgan fingerprint density at radius 3 is 2.44 bits per heavy atom. The lowest BCUT2D eigenvalue weighted by molar-refractivity contribution is 0.0802. The molecule has 82 valence electrons. The van der Waals surface area contributed by atoms with E-state index in [2.05, 4.69) is 0 Å². The highest BCUT2D eigenvalue weighted by atomic mass is 16.2. The number of hydrogen-bond donors (Lipinski definition) is 0. The maximum absolute atomic E-state index is 12.0. The largest absolute Gasteiger partial charge is 0.337 e. The molecule has 2 aliphatic heterocycles. The number of fused-ring (bicyclic) bond motifs is 3. The van der Waals surface area contributed by atoms with Crippen LogP contribution in [0, 0.1) is 0 Å². The van der Waals surface area contributed by atoms with Crippen molar-refractivity contribution >= 4 is 11.8 Å². The van der Waals surface area contributed by atoms with E-state index in [0.29, 0.717) is 18.7 Å². The Labute approximate surface area is 93.5 Å². The van der Waals surface area contributed by atoms with E-state index in [0.717, 1.165) is 16.7 Å². The van der Waals surface area contributed by atoms with Gasteiger partial charge in [-0.05, 0) is 17.2 Å². The monoisotopic (exact) mass is 216 g/mol. The van der Waals surface area contributed by atoms with E-state index in [1.165, 1.54) is 0 Å². The Morgan fingerprint density at radius 1 is 1.00 bits per heavy atom. The van der Waals surface area contributed by atoms with Gasteiger partial charge in [-0.2, -0.15) is 0 Å². The third-order valence-corrected chi connectivity index (χ3v) is 3.34. The molecule has 0 atom stereocenters. The molecule has 3 rings (SSSR count). The Morgan fingerprint density at radius 2 is 1.69 bits per heavy atom. The molecule has 0 saturated carbocycles. The van der Waals surface area contributed by atoms with Crippen LogP contribution < -0.4 is 0 Å². The summed E-state index contributed by atoms with van der Waals surface area (Å²) >= 11 is 0. The van der Waals surface area contributed by atoms with E-state index in [1.54, 1.807) is 23.9 Å². The first-order valence-electron chi connectivity index (χ1n) is 5.25. The molecule has 2 heterocycles. The quantitative estimate of drug-likeness (QED) is 0.645. The average Bonchev–Trinajstić information content (AvgIpc) is 2.69. The van der Waals surface area contributed by atoms with Crippen LogP contribution in [0.5, 0.6) is 0 Å². The van der Waals surface area contributed by atoms with Crippen molar-refractivity contribution in [3.05, 3.63) is 34.4 Å². The number of carbonyl (C=O) groups is 2. The minimum atomic E-state index is 0.0140. The predicted molar refractivity (Wildman–Crippen MR) is 58.0 cm³/mol. The molecule has 1 aromatic rings. The van der Waals surface area contributed by atoms with Gasteiger partial charge in [0.25, 0.3) is 11.8 Å². The van der Waals surface area contributed by atoms with Crippen LogP contribution in [0.25, 0.3) is 0 Å². The van der Waals surface area contributed by atoms with Crippen LogP contribution in [0.4, 0.5) is 0 Å². The van der Waals surface area contributed by atoms with Crippen LogP contribution in [-0.4, -0.2) is 35.7 Å². The summed E-state index contributed by atoms with van der Waals surface area (Å²) in [6.07, 6.45) is 0. The first kappa shape index (κ1) is 9.39. The summed E-state index contributed by atoms with van der Waals surface area (Å²) in [5.41, 5.74) is 3.37. The smallest absolute Gasteiger partial charge is 0.254 e. The molecule has 0 aliphatic carbocycles. The molecule has 1 aromatic carbocycles. The first-order valence-corrected chi connectivity index (χ1v) is 5.25. The third kappa shape index (κ3) is 0.988. The minimum Gasteiger partial charge on any atom is -0.337 e. The molecule has 0 unspecified atom stereocenters. The number of nitrogens with zero attached hydrogens (tertiary/aromatic N) is 2. The van der Waals surface area contributed by atoms with Crippen molar-refractivity contribution in [1.82, 2.24) is 9.80 Å². The average molecular weight is 216 g/mol. The highest BCUT2D eigenvalue weighted by Crippen LogP contribution is 2.32. The van der Waals surface area contributed by atoms with Crippen LogP contribution in [0.2, 0.25) is 0 Å². The van der Waals surface area contributed by atoms with Gasteiger partial charge >= 0.3 is 0 Å². The lowest BCUT2D eigenvalue weighted by atomic mass is 9.99. The summed E-state index contributed by atoms with van der Waals surface area (Å²) in [5.74, 6) is 0.0510. The molecule has 4 heteroatoms. The van der Waals surface area contributed by atoms with Gasteiger partial charge in [0.2, 0.25) is 0 Å². The van der Waals surface area contributed by atoms with E-state index in [9.17, 15) is 9.59 Å². The molecule has 2 aliphatic rings. The van der Waals surface area contributed by atoms with Gasteiger partial charge in [-0.25, -0.2) is 0 Å². The predicted octanol–water partition coefficient (Wildman–Crippen LogP) is 0.858. The lowest BCUT2D eigenvalue weighted by Gasteiger charge is -2.07. The molecule has 0 fully saturated rings. The molecule has 2 amide bonds. The van der Waals surface area contributed by atoms with Gasteiger partial charge in [0.1, 0.15) is 0 Å². The van der Waals surface area contributed by atoms with Crippen molar-refractivity contribution in [2.75, 3.05) is 14.1 Å². The maximum atomic E-state index is 12.0. The molecule has 0 spiro atoms.